The van der Waals surface area contributed by atoms with Crippen molar-refractivity contribution in [3.8, 4) is 0 Å². The molecule has 0 aromatic heterocycles. The normalized spacial score (nSPS) is 18.5. The molecule has 2 rings (SSSR count). The number of anilines is 2. The Kier molecular flexibility index (Phi) is 5.10. The number of aryl methyl sites for hydroxylation is 1. The summed E-state index contributed by atoms with van der Waals surface area (Å²) < 4.78 is 5.52. The number of thioether (sulfide) groups is 1. The predicted octanol–water partition coefficient (Wildman–Crippen LogP) is 2.43. The standard InChI is InChI=1S/C14H20N2O2S/c1-10-4-2-6-12(15)14(10)16-13(17)9-19-8-11-5-3-7-18-11/h2,4,6,11H,3,5,7-9,15H2,1H3,(H,16,17). The number of carbonyl (C=O) groups excluding carboxylic acids is 1. The predicted molar refractivity (Wildman–Crippen MR) is 80.5 cm³/mol. The molecule has 1 amide bonds. The summed E-state index contributed by atoms with van der Waals surface area (Å²) in [6.07, 6.45) is 2.57. The Morgan fingerprint density at radius 2 is 2.42 bits per heavy atom. The average Bonchev–Trinajstić information content (AvgIpc) is 2.87. The van der Waals surface area contributed by atoms with Crippen molar-refractivity contribution >= 4 is 29.0 Å². The van der Waals surface area contributed by atoms with Crippen molar-refractivity contribution in [3.63, 3.8) is 0 Å². The van der Waals surface area contributed by atoms with Crippen LogP contribution in [-0.2, 0) is 9.53 Å². The molecule has 104 valence electrons. The van der Waals surface area contributed by atoms with E-state index in [1.54, 1.807) is 17.8 Å². The summed E-state index contributed by atoms with van der Waals surface area (Å²) in [4.78, 5) is 11.9. The second-order valence-electron chi connectivity index (χ2n) is 4.74. The highest BCUT2D eigenvalue weighted by Crippen LogP contribution is 2.23. The van der Waals surface area contributed by atoms with Gasteiger partial charge in [0.1, 0.15) is 0 Å². The zero-order chi connectivity index (χ0) is 13.7. The van der Waals surface area contributed by atoms with Crippen LogP contribution in [0.25, 0.3) is 0 Å². The van der Waals surface area contributed by atoms with Gasteiger partial charge in [-0.05, 0) is 31.4 Å². The Hall–Kier alpha value is -1.20. The smallest absolute Gasteiger partial charge is 0.234 e. The lowest BCUT2D eigenvalue weighted by Crippen LogP contribution is -2.18. The third kappa shape index (κ3) is 4.14. The van der Waals surface area contributed by atoms with Crippen LogP contribution in [0, 0.1) is 6.92 Å². The first-order valence-corrected chi connectivity index (χ1v) is 7.66. The molecule has 0 bridgehead atoms. The van der Waals surface area contributed by atoms with Gasteiger partial charge in [-0.25, -0.2) is 0 Å². The number of nitrogens with two attached hydrogens (primary N) is 1. The summed E-state index contributed by atoms with van der Waals surface area (Å²) in [6, 6.07) is 5.61. The first-order chi connectivity index (χ1) is 9.16. The fraction of sp³-hybridized carbons (Fsp3) is 0.500. The van der Waals surface area contributed by atoms with Crippen LogP contribution < -0.4 is 11.1 Å². The van der Waals surface area contributed by atoms with Crippen molar-refractivity contribution in [3.05, 3.63) is 23.8 Å². The largest absolute Gasteiger partial charge is 0.397 e. The summed E-state index contributed by atoms with van der Waals surface area (Å²) >= 11 is 1.61. The summed E-state index contributed by atoms with van der Waals surface area (Å²) in [5.74, 6) is 1.31. The van der Waals surface area contributed by atoms with E-state index in [1.165, 1.54) is 0 Å². The fourth-order valence-electron chi connectivity index (χ4n) is 2.10. The molecule has 0 saturated carbocycles. The minimum Gasteiger partial charge on any atom is -0.397 e. The Morgan fingerprint density at radius 1 is 1.58 bits per heavy atom. The molecule has 1 unspecified atom stereocenters. The summed E-state index contributed by atoms with van der Waals surface area (Å²) in [5.41, 5.74) is 8.18. The third-order valence-corrected chi connectivity index (χ3v) is 4.20. The molecule has 19 heavy (non-hydrogen) atoms. The van der Waals surface area contributed by atoms with Crippen LogP contribution in [0.15, 0.2) is 18.2 Å². The van der Waals surface area contributed by atoms with Crippen molar-refractivity contribution in [1.29, 1.82) is 0 Å². The van der Waals surface area contributed by atoms with E-state index in [-0.39, 0.29) is 5.91 Å². The summed E-state index contributed by atoms with van der Waals surface area (Å²) in [7, 11) is 0. The molecule has 1 heterocycles. The van der Waals surface area contributed by atoms with Crippen molar-refractivity contribution in [2.24, 2.45) is 0 Å². The van der Waals surface area contributed by atoms with E-state index >= 15 is 0 Å². The highest BCUT2D eigenvalue weighted by Gasteiger charge is 2.16. The fourth-order valence-corrected chi connectivity index (χ4v) is 3.00. The average molecular weight is 280 g/mol. The molecule has 3 N–H and O–H groups in total. The van der Waals surface area contributed by atoms with E-state index in [1.807, 2.05) is 19.1 Å². The van der Waals surface area contributed by atoms with Gasteiger partial charge in [0.05, 0.1) is 23.2 Å². The van der Waals surface area contributed by atoms with Gasteiger partial charge >= 0.3 is 0 Å². The van der Waals surface area contributed by atoms with Gasteiger partial charge in [-0.15, -0.1) is 11.8 Å². The molecule has 1 fully saturated rings. The second kappa shape index (κ2) is 6.82. The number of para-hydroxylation sites is 1. The number of hydrogen-bond acceptors (Lipinski definition) is 4. The Bertz CT molecular complexity index is 425. The summed E-state index contributed by atoms with van der Waals surface area (Å²) in [5, 5.41) is 2.88. The second-order valence-corrected chi connectivity index (χ2v) is 5.77. The van der Waals surface area contributed by atoms with E-state index in [4.69, 9.17) is 10.5 Å². The molecule has 1 saturated heterocycles. The maximum atomic E-state index is 11.9. The molecule has 1 aliphatic rings. The number of nitrogens with one attached hydrogen (secondary N) is 1. The van der Waals surface area contributed by atoms with Crippen LogP contribution in [-0.4, -0.2) is 30.1 Å². The molecule has 0 aliphatic carbocycles. The molecule has 1 aromatic rings. The Labute approximate surface area is 118 Å². The van der Waals surface area contributed by atoms with Crippen LogP contribution in [0.2, 0.25) is 0 Å². The molecule has 1 aromatic carbocycles. The number of carbonyl (C=O) groups is 1. The van der Waals surface area contributed by atoms with Gasteiger partial charge in [0.15, 0.2) is 0 Å². The van der Waals surface area contributed by atoms with Crippen LogP contribution in [0.4, 0.5) is 11.4 Å². The van der Waals surface area contributed by atoms with Gasteiger partial charge in [-0.3, -0.25) is 4.79 Å². The van der Waals surface area contributed by atoms with E-state index < -0.39 is 0 Å². The lowest BCUT2D eigenvalue weighted by molar-refractivity contribution is -0.113. The van der Waals surface area contributed by atoms with Crippen molar-refractivity contribution in [1.82, 2.24) is 0 Å². The minimum absolute atomic E-state index is 0.0102. The summed E-state index contributed by atoms with van der Waals surface area (Å²) in [6.45, 7) is 2.79. The number of benzene rings is 1. The van der Waals surface area contributed by atoms with Crippen molar-refractivity contribution < 1.29 is 9.53 Å². The quantitative estimate of drug-likeness (QED) is 0.813. The zero-order valence-corrected chi connectivity index (χ0v) is 12.0. The highest BCUT2D eigenvalue weighted by atomic mass is 32.2. The van der Waals surface area contributed by atoms with Gasteiger partial charge in [0.2, 0.25) is 5.91 Å². The highest BCUT2D eigenvalue weighted by molar-refractivity contribution is 8.00. The minimum atomic E-state index is -0.0102. The Balaban J connectivity index is 1.77. The maximum Gasteiger partial charge on any atom is 0.234 e. The van der Waals surface area contributed by atoms with Crippen LogP contribution >= 0.6 is 11.8 Å². The lowest BCUT2D eigenvalue weighted by atomic mass is 10.1. The third-order valence-electron chi connectivity index (χ3n) is 3.13. The van der Waals surface area contributed by atoms with E-state index in [9.17, 15) is 4.79 Å². The van der Waals surface area contributed by atoms with Crippen molar-refractivity contribution in [2.75, 3.05) is 29.2 Å². The number of amides is 1. The van der Waals surface area contributed by atoms with Gasteiger partial charge in [0, 0.05) is 12.4 Å². The van der Waals surface area contributed by atoms with Gasteiger partial charge in [0.25, 0.3) is 0 Å². The van der Waals surface area contributed by atoms with Crippen LogP contribution in [0.1, 0.15) is 18.4 Å². The first-order valence-electron chi connectivity index (χ1n) is 6.51. The molecule has 4 nitrogen and oxygen atoms in total. The molecular weight excluding hydrogens is 260 g/mol. The number of ether oxygens (including phenoxy) is 1. The molecule has 0 spiro atoms. The molecule has 1 atom stereocenters. The number of nitrogen functional groups attached to an aromatic ring is 1. The van der Waals surface area contributed by atoms with Gasteiger partial charge in [-0.2, -0.15) is 0 Å². The first kappa shape index (κ1) is 14.2. The Morgan fingerprint density at radius 3 is 3.11 bits per heavy atom. The van der Waals surface area contributed by atoms with E-state index in [2.05, 4.69) is 5.32 Å². The molecule has 1 aliphatic heterocycles. The monoisotopic (exact) mass is 280 g/mol. The number of hydrogen-bond donors (Lipinski definition) is 2. The number of rotatable bonds is 5. The van der Waals surface area contributed by atoms with Gasteiger partial charge < -0.3 is 15.8 Å². The van der Waals surface area contributed by atoms with Crippen LogP contribution in [0.3, 0.4) is 0 Å². The SMILES string of the molecule is Cc1cccc(N)c1NC(=O)CSCC1CCCO1. The molecule has 5 heteroatoms. The topological polar surface area (TPSA) is 64.3 Å². The van der Waals surface area contributed by atoms with Crippen molar-refractivity contribution in [2.45, 2.75) is 25.9 Å². The van der Waals surface area contributed by atoms with E-state index in [0.29, 0.717) is 17.5 Å². The molecule has 0 radical (unpaired) electrons. The van der Waals surface area contributed by atoms with E-state index in [0.717, 1.165) is 36.5 Å². The lowest BCUT2D eigenvalue weighted by Gasteiger charge is -2.12. The van der Waals surface area contributed by atoms with Gasteiger partial charge in [-0.1, -0.05) is 12.1 Å². The van der Waals surface area contributed by atoms with Crippen LogP contribution in [0.5, 0.6) is 0 Å². The zero-order valence-electron chi connectivity index (χ0n) is 11.1. The maximum absolute atomic E-state index is 11.9. The molecular formula is C14H20N2O2S.